The number of rotatable bonds is 3. The molecular weight excluding hydrogens is 314 g/mol. The van der Waals surface area contributed by atoms with E-state index in [1.54, 1.807) is 23.3 Å². The van der Waals surface area contributed by atoms with Crippen molar-refractivity contribution >= 4 is 23.2 Å². The first kappa shape index (κ1) is 16.4. The maximum Gasteiger partial charge on any atom is 0.309 e. The maximum absolute atomic E-state index is 12.0. The van der Waals surface area contributed by atoms with Crippen LogP contribution in [0.3, 0.4) is 0 Å². The molecule has 0 bridgehead atoms. The van der Waals surface area contributed by atoms with E-state index in [0.29, 0.717) is 0 Å². The van der Waals surface area contributed by atoms with Gasteiger partial charge >= 0.3 is 5.97 Å². The van der Waals surface area contributed by atoms with E-state index in [1.807, 2.05) is 13.8 Å². The van der Waals surface area contributed by atoms with E-state index < -0.39 is 17.4 Å². The van der Waals surface area contributed by atoms with Gasteiger partial charge < -0.3 is 10.0 Å². The van der Waals surface area contributed by atoms with Gasteiger partial charge in [0.05, 0.1) is 22.2 Å². The van der Waals surface area contributed by atoms with Crippen LogP contribution in [0.4, 0.5) is 0 Å². The largest absolute Gasteiger partial charge is 0.481 e. The van der Waals surface area contributed by atoms with Gasteiger partial charge in [0.1, 0.15) is 0 Å². The molecule has 2 fully saturated rings. The number of carboxylic acid groups (broad SMARTS) is 1. The van der Waals surface area contributed by atoms with Crippen LogP contribution in [0.5, 0.6) is 0 Å². The number of thiazole rings is 1. The highest BCUT2D eigenvalue weighted by molar-refractivity contribution is 7.11. The molecule has 1 spiro atoms. The molecule has 3 heterocycles. The smallest absolute Gasteiger partial charge is 0.309 e. The number of piperidine rings is 1. The van der Waals surface area contributed by atoms with Crippen LogP contribution in [0.25, 0.3) is 0 Å². The van der Waals surface area contributed by atoms with Crippen molar-refractivity contribution in [2.75, 3.05) is 20.1 Å². The molecule has 2 aliphatic rings. The minimum atomic E-state index is -0.843. The van der Waals surface area contributed by atoms with Crippen LogP contribution < -0.4 is 0 Å². The number of hydrogen-bond donors (Lipinski definition) is 1. The molecule has 0 saturated carbocycles. The van der Waals surface area contributed by atoms with Gasteiger partial charge in [-0.1, -0.05) is 0 Å². The quantitative estimate of drug-likeness (QED) is 0.908. The first-order valence-corrected chi connectivity index (χ1v) is 8.80. The zero-order valence-electron chi connectivity index (χ0n) is 13.8. The Labute approximate surface area is 140 Å². The highest BCUT2D eigenvalue weighted by Crippen LogP contribution is 2.43. The number of carbonyl (C=O) groups is 2. The summed E-state index contributed by atoms with van der Waals surface area (Å²) in [6.07, 6.45) is 1.59. The molecular formula is C16H23N3O3S. The average Bonchev–Trinajstić information content (AvgIpc) is 2.93. The average molecular weight is 337 g/mol. The van der Waals surface area contributed by atoms with Gasteiger partial charge in [-0.05, 0) is 26.7 Å². The Balaban J connectivity index is 1.71. The van der Waals surface area contributed by atoms with E-state index in [9.17, 15) is 14.7 Å². The Morgan fingerprint density at radius 2 is 2.04 bits per heavy atom. The lowest BCUT2D eigenvalue weighted by Gasteiger charge is -2.45. The molecule has 0 radical (unpaired) electrons. The van der Waals surface area contributed by atoms with Gasteiger partial charge in [-0.25, -0.2) is 4.98 Å². The first-order chi connectivity index (χ1) is 10.8. The third-order valence-corrected chi connectivity index (χ3v) is 6.51. The maximum atomic E-state index is 12.0. The molecule has 7 heteroatoms. The Morgan fingerprint density at radius 1 is 1.39 bits per heavy atom. The van der Waals surface area contributed by atoms with Crippen molar-refractivity contribution in [1.82, 2.24) is 14.8 Å². The Kier molecular flexibility index (Phi) is 4.18. The molecule has 23 heavy (non-hydrogen) atoms. The second kappa shape index (κ2) is 5.87. The normalized spacial score (nSPS) is 24.6. The lowest BCUT2D eigenvalue weighted by Crippen LogP contribution is -2.55. The van der Waals surface area contributed by atoms with Gasteiger partial charge in [-0.2, -0.15) is 0 Å². The number of amides is 1. The number of aliphatic carboxylic acids is 1. The van der Waals surface area contributed by atoms with Gasteiger partial charge in [0.25, 0.3) is 0 Å². The van der Waals surface area contributed by atoms with Crippen LogP contribution >= 0.6 is 11.3 Å². The second-order valence-corrected chi connectivity index (χ2v) is 7.96. The van der Waals surface area contributed by atoms with Crippen molar-refractivity contribution in [2.24, 2.45) is 5.92 Å². The van der Waals surface area contributed by atoms with Crippen LogP contribution in [0, 0.1) is 19.8 Å². The third-order valence-electron chi connectivity index (χ3n) is 5.46. The van der Waals surface area contributed by atoms with Crippen molar-refractivity contribution < 1.29 is 14.7 Å². The Hall–Kier alpha value is -1.47. The molecule has 126 valence electrons. The van der Waals surface area contributed by atoms with Crippen LogP contribution in [-0.4, -0.2) is 57.4 Å². The van der Waals surface area contributed by atoms with Gasteiger partial charge in [-0.15, -0.1) is 11.3 Å². The SMILES string of the molecule is Cc1nc(C)c(CN2CCC3(CC2)[C@@H](C(=O)O)CC(=O)N3C)s1. The van der Waals surface area contributed by atoms with Crippen LogP contribution in [0.2, 0.25) is 0 Å². The second-order valence-electron chi connectivity index (χ2n) is 6.67. The highest BCUT2D eigenvalue weighted by Gasteiger charge is 2.55. The summed E-state index contributed by atoms with van der Waals surface area (Å²) in [5.74, 6) is -1.46. The van der Waals surface area contributed by atoms with Crippen LogP contribution in [0.1, 0.15) is 34.8 Å². The molecule has 2 aliphatic heterocycles. The van der Waals surface area contributed by atoms with Crippen molar-refractivity contribution in [3.8, 4) is 0 Å². The Morgan fingerprint density at radius 3 is 2.57 bits per heavy atom. The van der Waals surface area contributed by atoms with E-state index in [4.69, 9.17) is 0 Å². The fourth-order valence-corrected chi connectivity index (χ4v) is 4.99. The summed E-state index contributed by atoms with van der Waals surface area (Å²) in [7, 11) is 1.76. The van der Waals surface area contributed by atoms with Gasteiger partial charge in [-0.3, -0.25) is 14.5 Å². The third kappa shape index (κ3) is 2.76. The van der Waals surface area contributed by atoms with E-state index in [0.717, 1.165) is 43.2 Å². The fourth-order valence-electron chi connectivity index (χ4n) is 4.01. The first-order valence-electron chi connectivity index (χ1n) is 7.98. The van der Waals surface area contributed by atoms with Crippen molar-refractivity contribution in [3.63, 3.8) is 0 Å². The predicted octanol–water partition coefficient (Wildman–Crippen LogP) is 1.66. The lowest BCUT2D eigenvalue weighted by atomic mass is 9.77. The number of carbonyl (C=O) groups excluding carboxylic acids is 1. The fraction of sp³-hybridized carbons (Fsp3) is 0.688. The number of hydrogen-bond acceptors (Lipinski definition) is 5. The van der Waals surface area contributed by atoms with E-state index in [1.165, 1.54) is 4.88 Å². The monoisotopic (exact) mass is 337 g/mol. The molecule has 1 aromatic heterocycles. The van der Waals surface area contributed by atoms with Gasteiger partial charge in [0.15, 0.2) is 0 Å². The molecule has 0 aliphatic carbocycles. The van der Waals surface area contributed by atoms with E-state index in [2.05, 4.69) is 9.88 Å². The summed E-state index contributed by atoms with van der Waals surface area (Å²) >= 11 is 1.73. The number of likely N-dealkylation sites (tertiary alicyclic amines) is 2. The zero-order valence-corrected chi connectivity index (χ0v) is 14.7. The molecule has 2 saturated heterocycles. The molecule has 6 nitrogen and oxygen atoms in total. The van der Waals surface area contributed by atoms with Crippen molar-refractivity contribution in [3.05, 3.63) is 15.6 Å². The number of aryl methyl sites for hydroxylation is 2. The number of aromatic nitrogens is 1. The molecule has 1 atom stereocenters. The molecule has 3 rings (SSSR count). The van der Waals surface area contributed by atoms with E-state index in [-0.39, 0.29) is 12.3 Å². The molecule has 1 aromatic rings. The van der Waals surface area contributed by atoms with Crippen LogP contribution in [0.15, 0.2) is 0 Å². The predicted molar refractivity (Wildman–Crippen MR) is 87.3 cm³/mol. The standard InChI is InChI=1S/C16H23N3O3S/c1-10-13(23-11(2)17-10)9-19-6-4-16(5-7-19)12(15(21)22)8-14(20)18(16)3/h12H,4-9H2,1-3H3,(H,21,22)/t12-/m1/s1. The Bertz CT molecular complexity index is 635. The zero-order chi connectivity index (χ0) is 16.8. The minimum Gasteiger partial charge on any atom is -0.481 e. The summed E-state index contributed by atoms with van der Waals surface area (Å²) < 4.78 is 0. The summed E-state index contributed by atoms with van der Waals surface area (Å²) in [6, 6.07) is 0. The van der Waals surface area contributed by atoms with E-state index >= 15 is 0 Å². The van der Waals surface area contributed by atoms with Gasteiger partial charge in [0.2, 0.25) is 5.91 Å². The molecule has 1 amide bonds. The topological polar surface area (TPSA) is 73.7 Å². The van der Waals surface area contributed by atoms with Crippen molar-refractivity contribution in [2.45, 2.75) is 45.2 Å². The summed E-state index contributed by atoms with van der Waals surface area (Å²) in [5.41, 5.74) is 0.585. The molecule has 0 unspecified atom stereocenters. The summed E-state index contributed by atoms with van der Waals surface area (Å²) in [4.78, 5) is 33.4. The molecule has 0 aromatic carbocycles. The summed E-state index contributed by atoms with van der Waals surface area (Å²) in [6.45, 7) is 6.55. The number of nitrogens with zero attached hydrogens (tertiary/aromatic N) is 3. The van der Waals surface area contributed by atoms with Gasteiger partial charge in [0, 0.05) is 38.0 Å². The lowest BCUT2D eigenvalue weighted by molar-refractivity contribution is -0.146. The summed E-state index contributed by atoms with van der Waals surface area (Å²) in [5, 5.41) is 10.6. The molecule has 1 N–H and O–H groups in total. The van der Waals surface area contributed by atoms with Crippen molar-refractivity contribution in [1.29, 1.82) is 0 Å². The number of carboxylic acids is 1. The highest BCUT2D eigenvalue weighted by atomic mass is 32.1. The minimum absolute atomic E-state index is 0.0419. The van der Waals surface area contributed by atoms with Crippen LogP contribution in [-0.2, 0) is 16.1 Å².